The summed E-state index contributed by atoms with van der Waals surface area (Å²) in [5.74, 6) is -3.11. The van der Waals surface area contributed by atoms with Crippen LogP contribution in [-0.2, 0) is 20.7 Å². The lowest BCUT2D eigenvalue weighted by Crippen LogP contribution is -2.58. The van der Waals surface area contributed by atoms with E-state index in [0.717, 1.165) is 17.7 Å². The van der Waals surface area contributed by atoms with Gasteiger partial charge in [-0.15, -0.1) is 0 Å². The fraction of sp³-hybridized carbons (Fsp3) is 0.333. The molecule has 4 rings (SSSR count). The number of nitrogens with two attached hydrogens (primary N) is 1. The zero-order valence-electron chi connectivity index (χ0n) is 18.9. The molecule has 2 N–H and O–H groups in total. The van der Waals surface area contributed by atoms with Gasteiger partial charge in [0.1, 0.15) is 17.8 Å². The zero-order chi connectivity index (χ0) is 25.2. The Balaban J connectivity index is 1.55. The minimum atomic E-state index is -1.46. The zero-order valence-corrected chi connectivity index (χ0v) is 18.9. The van der Waals surface area contributed by atoms with Crippen LogP contribution in [0.4, 0.5) is 13.6 Å². The van der Waals surface area contributed by atoms with Gasteiger partial charge in [-0.3, -0.25) is 9.59 Å². The molecule has 1 saturated heterocycles. The van der Waals surface area contributed by atoms with Crippen molar-refractivity contribution >= 4 is 23.6 Å². The minimum absolute atomic E-state index is 0.0204. The third-order valence-electron chi connectivity index (χ3n) is 6.09. The first-order valence-electron chi connectivity index (χ1n) is 10.9. The van der Waals surface area contributed by atoms with E-state index in [2.05, 4.69) is 5.10 Å². The maximum Gasteiger partial charge on any atom is 0.405 e. The number of nitrogens with zero attached hydrogens (tertiary/aromatic N) is 3. The number of fused-ring (bicyclic) bond motifs is 1. The van der Waals surface area contributed by atoms with E-state index in [1.54, 1.807) is 7.05 Å². The molecule has 0 aromatic heterocycles. The van der Waals surface area contributed by atoms with Gasteiger partial charge in [0.2, 0.25) is 6.10 Å². The van der Waals surface area contributed by atoms with Crippen LogP contribution in [0.2, 0.25) is 0 Å². The van der Waals surface area contributed by atoms with Gasteiger partial charge in [-0.25, -0.2) is 18.6 Å². The fourth-order valence-electron chi connectivity index (χ4n) is 4.45. The number of carbonyl (C=O) groups excluding carboxylic acids is 3. The van der Waals surface area contributed by atoms with Crippen LogP contribution >= 0.6 is 0 Å². The predicted octanol–water partition coefficient (Wildman–Crippen LogP) is 2.10. The number of primary amides is 1. The van der Waals surface area contributed by atoms with Crippen molar-refractivity contribution in [2.75, 3.05) is 26.7 Å². The molecule has 0 unspecified atom stereocenters. The number of piperidine rings is 1. The van der Waals surface area contributed by atoms with Gasteiger partial charge in [-0.1, -0.05) is 30.3 Å². The lowest BCUT2D eigenvalue weighted by molar-refractivity contribution is -0.146. The molecule has 0 radical (unpaired) electrons. The van der Waals surface area contributed by atoms with Crippen LogP contribution < -0.4 is 10.5 Å². The molecule has 184 valence electrons. The molecule has 1 fully saturated rings. The number of hydrazone groups is 1. The smallest absolute Gasteiger partial charge is 0.405 e. The normalized spacial score (nSPS) is 20.2. The SMILES string of the molecule is CN1N=C2CCN(C(=O)[C@@H](COc3ccc(F)c(F)c3)OC(N)=O)C[C@@]2(Cc2ccccc2)C1=O. The van der Waals surface area contributed by atoms with E-state index in [0.29, 0.717) is 18.6 Å². The Bertz CT molecular complexity index is 1180. The summed E-state index contributed by atoms with van der Waals surface area (Å²) in [5, 5.41) is 5.69. The maximum atomic E-state index is 13.5. The van der Waals surface area contributed by atoms with Crippen molar-refractivity contribution in [2.24, 2.45) is 16.3 Å². The number of likely N-dealkylation sites (tertiary alicyclic amines) is 1. The van der Waals surface area contributed by atoms with Gasteiger partial charge >= 0.3 is 6.09 Å². The average Bonchev–Trinajstić information content (AvgIpc) is 3.08. The van der Waals surface area contributed by atoms with Crippen LogP contribution in [0.3, 0.4) is 0 Å². The summed E-state index contributed by atoms with van der Waals surface area (Å²) < 4.78 is 37.0. The summed E-state index contributed by atoms with van der Waals surface area (Å²) in [4.78, 5) is 39.5. The van der Waals surface area contributed by atoms with Crippen molar-refractivity contribution < 1.29 is 32.6 Å². The summed E-state index contributed by atoms with van der Waals surface area (Å²) in [6.07, 6.45) is -1.97. The van der Waals surface area contributed by atoms with E-state index in [1.807, 2.05) is 30.3 Å². The van der Waals surface area contributed by atoms with E-state index < -0.39 is 41.8 Å². The van der Waals surface area contributed by atoms with Gasteiger partial charge < -0.3 is 20.1 Å². The van der Waals surface area contributed by atoms with Gasteiger partial charge in [0.15, 0.2) is 11.6 Å². The molecule has 0 bridgehead atoms. The number of rotatable bonds is 7. The van der Waals surface area contributed by atoms with Crippen LogP contribution in [0, 0.1) is 17.0 Å². The van der Waals surface area contributed by atoms with E-state index in [1.165, 1.54) is 16.0 Å². The van der Waals surface area contributed by atoms with Crippen molar-refractivity contribution in [3.05, 3.63) is 65.7 Å². The summed E-state index contributed by atoms with van der Waals surface area (Å²) in [6.45, 7) is -0.227. The molecule has 3 amide bonds. The molecule has 11 heteroatoms. The number of carbonyl (C=O) groups is 3. The van der Waals surface area contributed by atoms with Gasteiger partial charge in [-0.2, -0.15) is 5.10 Å². The fourth-order valence-corrected chi connectivity index (χ4v) is 4.45. The Hall–Kier alpha value is -4.02. The van der Waals surface area contributed by atoms with Crippen LogP contribution in [-0.4, -0.2) is 66.4 Å². The third-order valence-corrected chi connectivity index (χ3v) is 6.09. The molecule has 0 spiro atoms. The molecule has 2 aromatic rings. The quantitative estimate of drug-likeness (QED) is 0.644. The van der Waals surface area contributed by atoms with Crippen LogP contribution in [0.1, 0.15) is 12.0 Å². The first-order chi connectivity index (χ1) is 16.7. The topological polar surface area (TPSA) is 115 Å². The van der Waals surface area contributed by atoms with Crippen LogP contribution in [0.25, 0.3) is 0 Å². The van der Waals surface area contributed by atoms with Crippen molar-refractivity contribution in [3.8, 4) is 5.75 Å². The van der Waals surface area contributed by atoms with Crippen molar-refractivity contribution in [2.45, 2.75) is 18.9 Å². The van der Waals surface area contributed by atoms with E-state index >= 15 is 0 Å². The van der Waals surface area contributed by atoms with Crippen molar-refractivity contribution in [1.29, 1.82) is 0 Å². The molecule has 9 nitrogen and oxygen atoms in total. The largest absolute Gasteiger partial charge is 0.489 e. The second-order valence-corrected chi connectivity index (χ2v) is 8.44. The highest BCUT2D eigenvalue weighted by Gasteiger charge is 2.54. The Morgan fingerprint density at radius 2 is 1.91 bits per heavy atom. The minimum Gasteiger partial charge on any atom is -0.489 e. The van der Waals surface area contributed by atoms with Crippen molar-refractivity contribution in [1.82, 2.24) is 9.91 Å². The van der Waals surface area contributed by atoms with Crippen LogP contribution in [0.5, 0.6) is 5.75 Å². The Morgan fingerprint density at radius 3 is 2.60 bits per heavy atom. The molecule has 2 aliphatic heterocycles. The number of ether oxygens (including phenoxy) is 2. The standard InChI is InChI=1S/C24H24F2N4O5/c1-29-22(32)24(12-15-5-3-2-4-6-15)14-30(10-9-20(24)28-29)21(31)19(35-23(27)33)13-34-16-7-8-17(25)18(26)11-16/h2-8,11,19H,9-10,12-14H2,1H3,(H2,27,33)/t19-,24-/m1/s1. The highest BCUT2D eigenvalue weighted by atomic mass is 19.2. The van der Waals surface area contributed by atoms with Gasteiger partial charge in [0, 0.05) is 32.6 Å². The first kappa shape index (κ1) is 24.1. The Labute approximate surface area is 200 Å². The second kappa shape index (κ2) is 9.69. The predicted molar refractivity (Wildman–Crippen MR) is 120 cm³/mol. The number of amides is 3. The number of hydrogen-bond acceptors (Lipinski definition) is 6. The average molecular weight is 486 g/mol. The van der Waals surface area contributed by atoms with Crippen LogP contribution in [0.15, 0.2) is 53.6 Å². The van der Waals surface area contributed by atoms with E-state index in [4.69, 9.17) is 15.2 Å². The number of benzene rings is 2. The van der Waals surface area contributed by atoms with E-state index in [9.17, 15) is 23.2 Å². The lowest BCUT2D eigenvalue weighted by atomic mass is 9.73. The van der Waals surface area contributed by atoms with Gasteiger partial charge in [0.25, 0.3) is 11.8 Å². The molecule has 0 saturated carbocycles. The molecule has 2 heterocycles. The molecular formula is C24H24F2N4O5. The third kappa shape index (κ3) is 4.93. The van der Waals surface area contributed by atoms with Gasteiger partial charge in [0.05, 0.1) is 5.71 Å². The number of halogens is 2. The number of hydrogen-bond donors (Lipinski definition) is 1. The Kier molecular flexibility index (Phi) is 6.68. The molecule has 0 aliphatic carbocycles. The highest BCUT2D eigenvalue weighted by Crippen LogP contribution is 2.38. The summed E-state index contributed by atoms with van der Waals surface area (Å²) in [7, 11) is 1.57. The molecule has 2 aliphatic rings. The van der Waals surface area contributed by atoms with Crippen molar-refractivity contribution in [3.63, 3.8) is 0 Å². The molecule has 2 aromatic carbocycles. The summed E-state index contributed by atoms with van der Waals surface area (Å²) in [5.41, 5.74) is 5.69. The van der Waals surface area contributed by atoms with Gasteiger partial charge in [-0.05, 0) is 24.1 Å². The monoisotopic (exact) mass is 486 g/mol. The first-order valence-corrected chi connectivity index (χ1v) is 10.9. The highest BCUT2D eigenvalue weighted by molar-refractivity contribution is 6.13. The molecule has 35 heavy (non-hydrogen) atoms. The molecule has 2 atom stereocenters. The van der Waals surface area contributed by atoms with E-state index in [-0.39, 0.29) is 24.7 Å². The summed E-state index contributed by atoms with van der Waals surface area (Å²) in [6, 6.07) is 12.3. The maximum absolute atomic E-state index is 13.5. The molecular weight excluding hydrogens is 462 g/mol. The summed E-state index contributed by atoms with van der Waals surface area (Å²) >= 11 is 0. The lowest BCUT2D eigenvalue weighted by Gasteiger charge is -2.40. The second-order valence-electron chi connectivity index (χ2n) is 8.44. The Morgan fingerprint density at radius 1 is 1.17 bits per heavy atom.